The molecule has 0 unspecified atom stereocenters. The summed E-state index contributed by atoms with van der Waals surface area (Å²) in [6.45, 7) is 4.57. The van der Waals surface area contributed by atoms with Gasteiger partial charge in [0.05, 0.1) is 0 Å². The lowest BCUT2D eigenvalue weighted by Gasteiger charge is -2.10. The van der Waals surface area contributed by atoms with Crippen LogP contribution in [-0.2, 0) is 0 Å². The number of urea groups is 1. The first kappa shape index (κ1) is 13.0. The van der Waals surface area contributed by atoms with Crippen molar-refractivity contribution in [2.45, 2.75) is 13.8 Å². The van der Waals surface area contributed by atoms with Crippen LogP contribution in [0.1, 0.15) is 13.8 Å². The lowest BCUT2D eigenvalue weighted by molar-refractivity contribution is 0.244. The molecule has 0 bridgehead atoms. The number of carbonyl (C=O) groups excluding carboxylic acids is 1. The van der Waals surface area contributed by atoms with Crippen molar-refractivity contribution in [1.29, 1.82) is 5.41 Å². The molecule has 1 aromatic heterocycles. The molecule has 0 aliphatic rings. The third-order valence-electron chi connectivity index (χ3n) is 1.83. The van der Waals surface area contributed by atoms with Crippen molar-refractivity contribution in [2.24, 2.45) is 5.92 Å². The zero-order valence-corrected chi connectivity index (χ0v) is 9.95. The molecule has 0 aliphatic carbocycles. The average molecular weight is 235 g/mol. The highest BCUT2D eigenvalue weighted by Crippen LogP contribution is 1.98. The number of anilines is 1. The van der Waals surface area contributed by atoms with Gasteiger partial charge in [-0.25, -0.2) is 9.78 Å². The van der Waals surface area contributed by atoms with Crippen molar-refractivity contribution in [3.8, 4) is 0 Å². The smallest absolute Gasteiger partial charge is 0.321 e. The summed E-state index contributed by atoms with van der Waals surface area (Å²) < 4.78 is 0. The minimum absolute atomic E-state index is 0.107. The molecule has 0 saturated heterocycles. The fraction of sp³-hybridized carbons (Fsp3) is 0.364. The lowest BCUT2D eigenvalue weighted by atomic mass is 10.2. The first-order chi connectivity index (χ1) is 8.08. The van der Waals surface area contributed by atoms with E-state index in [9.17, 15) is 4.79 Å². The van der Waals surface area contributed by atoms with Crippen molar-refractivity contribution in [3.63, 3.8) is 0 Å². The predicted molar refractivity (Wildman–Crippen MR) is 67.0 cm³/mol. The van der Waals surface area contributed by atoms with Crippen LogP contribution in [0.15, 0.2) is 24.4 Å². The van der Waals surface area contributed by atoms with E-state index in [1.807, 2.05) is 13.8 Å². The third-order valence-corrected chi connectivity index (χ3v) is 1.83. The van der Waals surface area contributed by atoms with Gasteiger partial charge in [0, 0.05) is 12.7 Å². The summed E-state index contributed by atoms with van der Waals surface area (Å²) in [6.07, 6.45) is 1.61. The summed E-state index contributed by atoms with van der Waals surface area (Å²) in [5, 5.41) is 15.2. The SMILES string of the molecule is CC(C)CNC(=O)NC(=N)Nc1ccccn1. The molecule has 6 heteroatoms. The van der Waals surface area contributed by atoms with Crippen molar-refractivity contribution in [3.05, 3.63) is 24.4 Å². The van der Waals surface area contributed by atoms with Gasteiger partial charge in [0.25, 0.3) is 0 Å². The molecule has 6 nitrogen and oxygen atoms in total. The van der Waals surface area contributed by atoms with Crippen LogP contribution in [0, 0.1) is 11.3 Å². The Bertz CT molecular complexity index is 377. The minimum atomic E-state index is -0.396. The molecule has 92 valence electrons. The van der Waals surface area contributed by atoms with Crippen LogP contribution in [0.5, 0.6) is 0 Å². The van der Waals surface area contributed by atoms with Crippen molar-refractivity contribution in [2.75, 3.05) is 11.9 Å². The highest BCUT2D eigenvalue weighted by atomic mass is 16.2. The van der Waals surface area contributed by atoms with E-state index in [2.05, 4.69) is 20.9 Å². The Kier molecular flexibility index (Phi) is 4.93. The van der Waals surface area contributed by atoms with E-state index in [1.54, 1.807) is 24.4 Å². The molecule has 1 heterocycles. The predicted octanol–water partition coefficient (Wildman–Crippen LogP) is 1.38. The van der Waals surface area contributed by atoms with E-state index < -0.39 is 6.03 Å². The van der Waals surface area contributed by atoms with Crippen LogP contribution < -0.4 is 16.0 Å². The van der Waals surface area contributed by atoms with Gasteiger partial charge in [0.1, 0.15) is 5.82 Å². The van der Waals surface area contributed by atoms with Gasteiger partial charge in [-0.2, -0.15) is 0 Å². The van der Waals surface area contributed by atoms with Gasteiger partial charge in [-0.05, 0) is 18.1 Å². The molecule has 0 spiro atoms. The molecule has 1 rings (SSSR count). The first-order valence-electron chi connectivity index (χ1n) is 5.39. The van der Waals surface area contributed by atoms with E-state index in [4.69, 9.17) is 5.41 Å². The molecule has 17 heavy (non-hydrogen) atoms. The molecule has 0 radical (unpaired) electrons. The fourth-order valence-electron chi connectivity index (χ4n) is 1.05. The van der Waals surface area contributed by atoms with Gasteiger partial charge in [-0.15, -0.1) is 0 Å². The molecule has 0 saturated carbocycles. The van der Waals surface area contributed by atoms with Crippen LogP contribution in [0.2, 0.25) is 0 Å². The minimum Gasteiger partial charge on any atom is -0.338 e. The van der Waals surface area contributed by atoms with E-state index in [0.717, 1.165) is 0 Å². The maximum Gasteiger partial charge on any atom is 0.321 e. The van der Waals surface area contributed by atoms with Gasteiger partial charge < -0.3 is 10.6 Å². The molecule has 0 aromatic carbocycles. The Morgan fingerprint density at radius 2 is 2.24 bits per heavy atom. The lowest BCUT2D eigenvalue weighted by Crippen LogP contribution is -2.43. The summed E-state index contributed by atoms with van der Waals surface area (Å²) in [5.74, 6) is 0.783. The molecule has 0 fully saturated rings. The zero-order chi connectivity index (χ0) is 12.7. The van der Waals surface area contributed by atoms with Crippen LogP contribution in [0.4, 0.5) is 10.6 Å². The summed E-state index contributed by atoms with van der Waals surface area (Å²) in [5.41, 5.74) is 0. The average Bonchev–Trinajstić information content (AvgIpc) is 2.27. The van der Waals surface area contributed by atoms with E-state index in [-0.39, 0.29) is 5.96 Å². The second-order valence-electron chi connectivity index (χ2n) is 3.94. The standard InChI is InChI=1S/C11H17N5O/c1-8(2)7-14-11(17)16-10(12)15-9-5-3-4-6-13-9/h3-6,8H,7H2,1-2H3,(H4,12,13,14,15,16,17). The highest BCUT2D eigenvalue weighted by molar-refractivity contribution is 6.01. The zero-order valence-electron chi connectivity index (χ0n) is 9.95. The number of nitrogens with one attached hydrogen (secondary N) is 4. The summed E-state index contributed by atoms with van der Waals surface area (Å²) in [7, 11) is 0. The summed E-state index contributed by atoms with van der Waals surface area (Å²) >= 11 is 0. The van der Waals surface area contributed by atoms with Crippen molar-refractivity contribution in [1.82, 2.24) is 15.6 Å². The van der Waals surface area contributed by atoms with E-state index in [0.29, 0.717) is 18.3 Å². The molecule has 0 aliphatic heterocycles. The number of pyridine rings is 1. The van der Waals surface area contributed by atoms with Gasteiger partial charge >= 0.3 is 6.03 Å². The number of guanidine groups is 1. The summed E-state index contributed by atoms with van der Waals surface area (Å²) in [6, 6.07) is 4.88. The van der Waals surface area contributed by atoms with Gasteiger partial charge in [0.2, 0.25) is 5.96 Å². The Hall–Kier alpha value is -2.11. The number of amides is 2. The van der Waals surface area contributed by atoms with Crippen LogP contribution >= 0.6 is 0 Å². The molecule has 2 amide bonds. The summed E-state index contributed by atoms with van der Waals surface area (Å²) in [4.78, 5) is 15.3. The van der Waals surface area contributed by atoms with Gasteiger partial charge in [-0.3, -0.25) is 10.7 Å². The molecular formula is C11H17N5O. The van der Waals surface area contributed by atoms with E-state index in [1.165, 1.54) is 0 Å². The van der Waals surface area contributed by atoms with Crippen LogP contribution in [-0.4, -0.2) is 23.5 Å². The Morgan fingerprint density at radius 1 is 1.47 bits per heavy atom. The molecular weight excluding hydrogens is 218 g/mol. The van der Waals surface area contributed by atoms with Crippen molar-refractivity contribution < 1.29 is 4.79 Å². The quantitative estimate of drug-likeness (QED) is 0.471. The van der Waals surface area contributed by atoms with E-state index >= 15 is 0 Å². The van der Waals surface area contributed by atoms with Gasteiger partial charge in [-0.1, -0.05) is 19.9 Å². The highest BCUT2D eigenvalue weighted by Gasteiger charge is 2.04. The monoisotopic (exact) mass is 235 g/mol. The first-order valence-corrected chi connectivity index (χ1v) is 5.39. The van der Waals surface area contributed by atoms with Crippen LogP contribution in [0.3, 0.4) is 0 Å². The molecule has 1 aromatic rings. The van der Waals surface area contributed by atoms with Crippen LogP contribution in [0.25, 0.3) is 0 Å². The second kappa shape index (κ2) is 6.47. The van der Waals surface area contributed by atoms with Crippen molar-refractivity contribution >= 4 is 17.8 Å². The molecule has 4 N–H and O–H groups in total. The number of aromatic nitrogens is 1. The number of rotatable bonds is 3. The number of hydrogen-bond donors (Lipinski definition) is 4. The fourth-order valence-corrected chi connectivity index (χ4v) is 1.05. The number of nitrogens with zero attached hydrogens (tertiary/aromatic N) is 1. The Labute approximate surface area is 100 Å². The van der Waals surface area contributed by atoms with Gasteiger partial charge in [0.15, 0.2) is 0 Å². The number of hydrogen-bond acceptors (Lipinski definition) is 3. The Balaban J connectivity index is 2.32. The second-order valence-corrected chi connectivity index (χ2v) is 3.94. The largest absolute Gasteiger partial charge is 0.338 e. The maximum atomic E-state index is 11.3. The number of carbonyl (C=O) groups is 1. The third kappa shape index (κ3) is 5.50. The Morgan fingerprint density at radius 3 is 2.82 bits per heavy atom. The maximum absolute atomic E-state index is 11.3. The molecule has 0 atom stereocenters. The normalized spacial score (nSPS) is 9.82. The topological polar surface area (TPSA) is 89.9 Å².